The summed E-state index contributed by atoms with van der Waals surface area (Å²) in [4.78, 5) is 39.7. The molecule has 7 nitrogen and oxygen atoms in total. The Morgan fingerprint density at radius 3 is 2.41 bits per heavy atom. The van der Waals surface area contributed by atoms with Crippen LogP contribution in [0.4, 0.5) is 0 Å². The maximum atomic E-state index is 12.8. The Labute approximate surface area is 219 Å². The number of carbonyl (C=O) groups is 3. The van der Waals surface area contributed by atoms with E-state index in [4.69, 9.17) is 10.2 Å². The van der Waals surface area contributed by atoms with Crippen LogP contribution >= 0.6 is 11.3 Å². The SMILES string of the molecule is Cc1cncc(CN2CCC(=C3c4ccccc4CC(=O)c4sccc43)CC2)c1.O=C(O)/C=C/C(=O)O. The molecule has 2 aliphatic rings. The lowest BCUT2D eigenvalue weighted by molar-refractivity contribution is -0.134. The zero-order chi connectivity index (χ0) is 26.4. The molecule has 2 aromatic heterocycles. The standard InChI is InChI=1S/C25H24N2OS.C4H4O4/c1-17-12-18(15-26-14-17)16-27-9-6-19(7-10-27)24-21-5-3-2-4-20(21)13-23(28)25-22(24)8-11-29-25;5-3(6)1-2-4(7)8/h2-5,8,11-12,14-15H,6-7,9-10,13,16H2,1H3;1-2H,(H,5,6)(H,7,8)/b;2-1+. The van der Waals surface area contributed by atoms with E-state index >= 15 is 0 Å². The minimum Gasteiger partial charge on any atom is -0.478 e. The van der Waals surface area contributed by atoms with Crippen molar-refractivity contribution < 1.29 is 24.6 Å². The van der Waals surface area contributed by atoms with E-state index in [2.05, 4.69) is 52.5 Å². The van der Waals surface area contributed by atoms with E-state index in [-0.39, 0.29) is 5.78 Å². The molecule has 1 aliphatic heterocycles. The van der Waals surface area contributed by atoms with Gasteiger partial charge in [-0.25, -0.2) is 9.59 Å². The second-order valence-electron chi connectivity index (χ2n) is 9.06. The molecule has 0 radical (unpaired) electrons. The number of nitrogens with zero attached hydrogens (tertiary/aromatic N) is 2. The molecule has 37 heavy (non-hydrogen) atoms. The molecule has 0 unspecified atom stereocenters. The van der Waals surface area contributed by atoms with E-state index < -0.39 is 11.9 Å². The summed E-state index contributed by atoms with van der Waals surface area (Å²) in [5.74, 6) is -2.26. The number of Topliss-reactive ketones (excluding diaryl/α,β-unsaturated/α-hetero) is 1. The van der Waals surface area contributed by atoms with Gasteiger partial charge in [-0.15, -0.1) is 11.3 Å². The minimum absolute atomic E-state index is 0.252. The van der Waals surface area contributed by atoms with Crippen LogP contribution in [0, 0.1) is 6.92 Å². The van der Waals surface area contributed by atoms with Crippen LogP contribution in [0.2, 0.25) is 0 Å². The summed E-state index contributed by atoms with van der Waals surface area (Å²) >= 11 is 1.59. The average Bonchev–Trinajstić information content (AvgIpc) is 3.31. The number of aryl methyl sites for hydroxylation is 1. The van der Waals surface area contributed by atoms with Crippen LogP contribution in [0.3, 0.4) is 0 Å². The lowest BCUT2D eigenvalue weighted by Crippen LogP contribution is -2.30. The van der Waals surface area contributed by atoms with Crippen LogP contribution in [-0.2, 0) is 22.6 Å². The predicted molar refractivity (Wildman–Crippen MR) is 143 cm³/mol. The van der Waals surface area contributed by atoms with Gasteiger partial charge in [-0.2, -0.15) is 0 Å². The zero-order valence-electron chi connectivity index (χ0n) is 20.5. The number of thiophene rings is 1. The molecule has 0 spiro atoms. The molecular weight excluding hydrogens is 488 g/mol. The van der Waals surface area contributed by atoms with Gasteiger partial charge in [0, 0.05) is 56.2 Å². The number of pyridine rings is 1. The van der Waals surface area contributed by atoms with E-state index in [1.54, 1.807) is 11.3 Å². The average molecular weight is 517 g/mol. The summed E-state index contributed by atoms with van der Waals surface area (Å²) < 4.78 is 0. The second kappa shape index (κ2) is 11.9. The Morgan fingerprint density at radius 1 is 1.03 bits per heavy atom. The summed E-state index contributed by atoms with van der Waals surface area (Å²) in [5, 5.41) is 17.7. The van der Waals surface area contributed by atoms with E-state index in [1.165, 1.54) is 27.8 Å². The molecule has 1 aromatic carbocycles. The van der Waals surface area contributed by atoms with Crippen molar-refractivity contribution in [1.82, 2.24) is 9.88 Å². The number of ketones is 1. The largest absolute Gasteiger partial charge is 0.478 e. The third kappa shape index (κ3) is 6.67. The Balaban J connectivity index is 0.000000349. The number of aromatic nitrogens is 1. The van der Waals surface area contributed by atoms with Crippen molar-refractivity contribution in [1.29, 1.82) is 0 Å². The summed E-state index contributed by atoms with van der Waals surface area (Å²) in [6.45, 7) is 5.14. The fourth-order valence-electron chi connectivity index (χ4n) is 4.76. The summed E-state index contributed by atoms with van der Waals surface area (Å²) in [5.41, 5.74) is 8.88. The van der Waals surface area contributed by atoms with Gasteiger partial charge in [-0.05, 0) is 59.0 Å². The Morgan fingerprint density at radius 2 is 1.73 bits per heavy atom. The number of hydrogen-bond acceptors (Lipinski definition) is 6. The fraction of sp³-hybridized carbons (Fsp3) is 0.241. The molecule has 5 rings (SSSR count). The molecule has 3 heterocycles. The number of piperidine rings is 1. The number of fused-ring (bicyclic) bond motifs is 2. The maximum Gasteiger partial charge on any atom is 0.328 e. The fourth-order valence-corrected chi connectivity index (χ4v) is 5.60. The number of carboxylic acids is 2. The molecule has 1 aliphatic carbocycles. The second-order valence-corrected chi connectivity index (χ2v) is 9.97. The smallest absolute Gasteiger partial charge is 0.328 e. The van der Waals surface area contributed by atoms with Gasteiger partial charge in [0.2, 0.25) is 0 Å². The number of carboxylic acid groups (broad SMARTS) is 2. The molecule has 0 atom stereocenters. The molecule has 2 N–H and O–H groups in total. The van der Waals surface area contributed by atoms with E-state index in [0.29, 0.717) is 18.6 Å². The number of hydrogen-bond donors (Lipinski definition) is 2. The zero-order valence-corrected chi connectivity index (χ0v) is 21.3. The molecule has 0 amide bonds. The highest BCUT2D eigenvalue weighted by Gasteiger charge is 2.27. The normalized spacial score (nSPS) is 15.4. The molecule has 0 bridgehead atoms. The lowest BCUT2D eigenvalue weighted by Gasteiger charge is -2.30. The van der Waals surface area contributed by atoms with Gasteiger partial charge >= 0.3 is 11.9 Å². The van der Waals surface area contributed by atoms with Gasteiger partial charge in [0.15, 0.2) is 5.78 Å². The van der Waals surface area contributed by atoms with Crippen LogP contribution < -0.4 is 0 Å². The van der Waals surface area contributed by atoms with Crippen molar-refractivity contribution in [3.63, 3.8) is 0 Å². The van der Waals surface area contributed by atoms with Crippen LogP contribution in [0.25, 0.3) is 5.57 Å². The van der Waals surface area contributed by atoms with Gasteiger partial charge in [0.05, 0.1) is 4.88 Å². The Kier molecular flexibility index (Phi) is 8.43. The topological polar surface area (TPSA) is 108 Å². The molecule has 0 saturated carbocycles. The number of aliphatic carboxylic acids is 2. The number of rotatable bonds is 4. The third-order valence-electron chi connectivity index (χ3n) is 6.34. The Hall–Kier alpha value is -3.88. The van der Waals surface area contributed by atoms with Gasteiger partial charge in [0.25, 0.3) is 0 Å². The minimum atomic E-state index is -1.26. The monoisotopic (exact) mass is 516 g/mol. The maximum absolute atomic E-state index is 12.8. The van der Waals surface area contributed by atoms with Gasteiger partial charge < -0.3 is 10.2 Å². The molecule has 1 fully saturated rings. The first-order valence-electron chi connectivity index (χ1n) is 12.0. The van der Waals surface area contributed by atoms with Gasteiger partial charge in [0.1, 0.15) is 0 Å². The van der Waals surface area contributed by atoms with E-state index in [1.807, 2.05) is 18.5 Å². The van der Waals surface area contributed by atoms with Crippen molar-refractivity contribution in [3.8, 4) is 0 Å². The lowest BCUT2D eigenvalue weighted by atomic mass is 9.87. The molecule has 190 valence electrons. The Bertz CT molecular complexity index is 1360. The van der Waals surface area contributed by atoms with Crippen LogP contribution in [0.5, 0.6) is 0 Å². The predicted octanol–water partition coefficient (Wildman–Crippen LogP) is 5.00. The molecular formula is C29H28N2O5S. The molecule has 1 saturated heterocycles. The van der Waals surface area contributed by atoms with Crippen molar-refractivity contribution in [2.24, 2.45) is 0 Å². The molecule has 3 aromatic rings. The van der Waals surface area contributed by atoms with Crippen molar-refractivity contribution in [3.05, 3.63) is 105 Å². The quantitative estimate of drug-likeness (QED) is 0.470. The number of carbonyl (C=O) groups excluding carboxylic acids is 1. The van der Waals surface area contributed by atoms with Crippen molar-refractivity contribution in [2.45, 2.75) is 32.7 Å². The summed E-state index contributed by atoms with van der Waals surface area (Å²) in [7, 11) is 0. The van der Waals surface area contributed by atoms with E-state index in [0.717, 1.165) is 48.5 Å². The first-order valence-corrected chi connectivity index (χ1v) is 12.9. The number of likely N-dealkylation sites (tertiary alicyclic amines) is 1. The van der Waals surface area contributed by atoms with E-state index in [9.17, 15) is 14.4 Å². The van der Waals surface area contributed by atoms with Crippen molar-refractivity contribution >= 4 is 34.6 Å². The molecule has 8 heteroatoms. The highest BCUT2D eigenvalue weighted by molar-refractivity contribution is 7.12. The highest BCUT2D eigenvalue weighted by Crippen LogP contribution is 2.40. The highest BCUT2D eigenvalue weighted by atomic mass is 32.1. The van der Waals surface area contributed by atoms with Crippen molar-refractivity contribution in [2.75, 3.05) is 13.1 Å². The first-order chi connectivity index (χ1) is 17.8. The third-order valence-corrected chi connectivity index (χ3v) is 7.30. The van der Waals surface area contributed by atoms with Gasteiger partial charge in [-0.1, -0.05) is 35.9 Å². The van der Waals surface area contributed by atoms with Crippen LogP contribution in [-0.4, -0.2) is 50.9 Å². The summed E-state index contributed by atoms with van der Waals surface area (Å²) in [6.07, 6.45) is 7.60. The van der Waals surface area contributed by atoms with Crippen LogP contribution in [0.1, 0.15) is 50.3 Å². The number of benzene rings is 1. The first kappa shape index (κ1) is 26.2. The summed E-state index contributed by atoms with van der Waals surface area (Å²) in [6, 6.07) is 12.8. The van der Waals surface area contributed by atoms with Gasteiger partial charge in [-0.3, -0.25) is 14.7 Å². The van der Waals surface area contributed by atoms with Crippen LogP contribution in [0.15, 0.2) is 71.9 Å².